The minimum atomic E-state index is -1.22. The fourth-order valence-corrected chi connectivity index (χ4v) is 5.73. The first-order chi connectivity index (χ1) is 17.4. The zero-order valence-electron chi connectivity index (χ0n) is 20.1. The van der Waals surface area contributed by atoms with Gasteiger partial charge in [-0.1, -0.05) is 12.0 Å². The van der Waals surface area contributed by atoms with Crippen LogP contribution >= 0.6 is 11.3 Å². The number of methoxy groups -OCH3 is 1. The molecule has 2 unspecified atom stereocenters. The molecule has 2 aliphatic rings. The number of aryl methyl sites for hydroxylation is 2. The Bertz CT molecular complexity index is 1430. The Hall–Kier alpha value is -3.80. The largest absolute Gasteiger partial charge is 0.465 e. The van der Waals surface area contributed by atoms with Gasteiger partial charge in [0.15, 0.2) is 0 Å². The lowest BCUT2D eigenvalue weighted by atomic mass is 9.79. The highest BCUT2D eigenvalue weighted by atomic mass is 32.1. The van der Waals surface area contributed by atoms with Gasteiger partial charge >= 0.3 is 5.97 Å². The van der Waals surface area contributed by atoms with E-state index in [1.165, 1.54) is 18.4 Å². The number of dihydropyridines is 1. The van der Waals surface area contributed by atoms with Crippen LogP contribution in [0.1, 0.15) is 51.3 Å². The maximum absolute atomic E-state index is 12.0. The lowest BCUT2D eigenvalue weighted by Gasteiger charge is -2.33. The van der Waals surface area contributed by atoms with Gasteiger partial charge in [0.25, 0.3) is 0 Å². The van der Waals surface area contributed by atoms with E-state index in [0.717, 1.165) is 45.7 Å². The lowest BCUT2D eigenvalue weighted by molar-refractivity contribution is 0.0583. The Morgan fingerprint density at radius 2 is 2.19 bits per heavy atom. The van der Waals surface area contributed by atoms with Crippen molar-refractivity contribution in [3.05, 3.63) is 75.4 Å². The van der Waals surface area contributed by atoms with Crippen molar-refractivity contribution in [2.45, 2.75) is 44.4 Å². The molecular weight excluding hydrogens is 472 g/mol. The number of terminal acetylenes is 1. The Balaban J connectivity index is 1.43. The predicted molar refractivity (Wildman–Crippen MR) is 141 cm³/mol. The molecule has 2 N–H and O–H groups in total. The van der Waals surface area contributed by atoms with Crippen molar-refractivity contribution in [2.75, 3.05) is 12.4 Å². The van der Waals surface area contributed by atoms with Crippen LogP contribution < -0.4 is 5.32 Å². The summed E-state index contributed by atoms with van der Waals surface area (Å²) in [4.78, 5) is 26.7. The first-order valence-electron chi connectivity index (χ1n) is 11.7. The number of benzene rings is 1. The maximum Gasteiger partial charge on any atom is 0.337 e. The second-order valence-electron chi connectivity index (χ2n) is 9.02. The molecule has 0 saturated carbocycles. The Labute approximate surface area is 214 Å². The van der Waals surface area contributed by atoms with E-state index in [0.29, 0.717) is 29.2 Å². The summed E-state index contributed by atoms with van der Waals surface area (Å²) in [7, 11) is 1.36. The SMILES string of the molecule is C#CC1=CC=NC(Nc2cc(C)cc(-c3cnc(C4(O)CCCc5cc(C(=O)OC)ccc54)s3)n2)C1. The molecule has 0 bridgehead atoms. The van der Waals surface area contributed by atoms with Crippen molar-refractivity contribution < 1.29 is 14.6 Å². The number of anilines is 1. The number of hydrogen-bond donors (Lipinski definition) is 2. The van der Waals surface area contributed by atoms with Crippen LogP contribution in [0.2, 0.25) is 0 Å². The number of thiazole rings is 1. The van der Waals surface area contributed by atoms with Crippen molar-refractivity contribution in [1.29, 1.82) is 0 Å². The molecule has 1 aliphatic heterocycles. The Morgan fingerprint density at radius 1 is 1.33 bits per heavy atom. The number of nitrogens with one attached hydrogen (secondary N) is 1. The number of carbonyl (C=O) groups is 1. The molecule has 0 spiro atoms. The highest BCUT2D eigenvalue weighted by Gasteiger charge is 2.39. The standard InChI is InChI=1S/C28H26N4O3S/c1-4-18-9-11-29-24(14-18)32-25-13-17(2)12-22(31-25)23-16-30-27(36-23)28(34)10-5-6-19-15-20(26(33)35-3)7-8-21(19)28/h1,7-9,11-13,15-16,24,34H,5-6,10,14H2,2-3H3,(H,31,32). The minimum absolute atomic E-state index is 0.172. The van der Waals surface area contributed by atoms with Crippen LogP contribution in [-0.2, 0) is 16.8 Å². The molecule has 7 nitrogen and oxygen atoms in total. The smallest absolute Gasteiger partial charge is 0.337 e. The number of aliphatic hydroxyl groups is 1. The third kappa shape index (κ3) is 4.55. The average molecular weight is 499 g/mol. The summed E-state index contributed by atoms with van der Waals surface area (Å²) in [5, 5.41) is 15.7. The molecule has 0 radical (unpaired) electrons. The van der Waals surface area contributed by atoms with E-state index < -0.39 is 5.60 Å². The van der Waals surface area contributed by atoms with E-state index in [-0.39, 0.29) is 12.1 Å². The van der Waals surface area contributed by atoms with E-state index in [1.807, 2.05) is 37.3 Å². The topological polar surface area (TPSA) is 96.7 Å². The van der Waals surface area contributed by atoms with Crippen LogP contribution in [0.5, 0.6) is 0 Å². The second kappa shape index (κ2) is 9.69. The van der Waals surface area contributed by atoms with Gasteiger partial charge in [-0.3, -0.25) is 4.99 Å². The van der Waals surface area contributed by atoms with Gasteiger partial charge in [0.05, 0.1) is 23.2 Å². The highest BCUT2D eigenvalue weighted by molar-refractivity contribution is 7.15. The van der Waals surface area contributed by atoms with Gasteiger partial charge in [-0.25, -0.2) is 14.8 Å². The average Bonchev–Trinajstić information content (AvgIpc) is 3.39. The van der Waals surface area contributed by atoms with E-state index in [2.05, 4.69) is 21.2 Å². The normalized spacial score (nSPS) is 20.7. The summed E-state index contributed by atoms with van der Waals surface area (Å²) in [5.41, 5.74) is 3.70. The minimum Gasteiger partial charge on any atom is -0.465 e. The number of nitrogens with zero attached hydrogens (tertiary/aromatic N) is 3. The molecule has 0 amide bonds. The van der Waals surface area contributed by atoms with E-state index >= 15 is 0 Å². The molecule has 1 aliphatic carbocycles. The van der Waals surface area contributed by atoms with Gasteiger partial charge in [0, 0.05) is 24.4 Å². The van der Waals surface area contributed by atoms with Gasteiger partial charge in [-0.05, 0) is 73.2 Å². The summed E-state index contributed by atoms with van der Waals surface area (Å²) >= 11 is 1.43. The summed E-state index contributed by atoms with van der Waals surface area (Å²) in [5.74, 6) is 3.00. The molecule has 2 atom stereocenters. The second-order valence-corrected chi connectivity index (χ2v) is 10.1. The summed E-state index contributed by atoms with van der Waals surface area (Å²) in [6.45, 7) is 2.01. The van der Waals surface area contributed by atoms with E-state index in [9.17, 15) is 9.90 Å². The zero-order chi connectivity index (χ0) is 25.3. The number of pyridine rings is 1. The molecule has 3 heterocycles. The van der Waals surface area contributed by atoms with Crippen molar-refractivity contribution in [1.82, 2.24) is 9.97 Å². The predicted octanol–water partition coefficient (Wildman–Crippen LogP) is 4.64. The molecule has 5 rings (SSSR count). The Kier molecular flexibility index (Phi) is 6.44. The van der Waals surface area contributed by atoms with Crippen LogP contribution in [-0.4, -0.2) is 40.5 Å². The zero-order valence-corrected chi connectivity index (χ0v) is 20.9. The number of ether oxygens (including phenoxy) is 1. The molecule has 3 aromatic rings. The molecule has 36 heavy (non-hydrogen) atoms. The number of fused-ring (bicyclic) bond motifs is 1. The highest BCUT2D eigenvalue weighted by Crippen LogP contribution is 2.43. The van der Waals surface area contributed by atoms with Crippen LogP contribution in [0.3, 0.4) is 0 Å². The third-order valence-electron chi connectivity index (χ3n) is 6.49. The van der Waals surface area contributed by atoms with Crippen LogP contribution in [0.4, 0.5) is 5.82 Å². The van der Waals surface area contributed by atoms with Crippen LogP contribution in [0.25, 0.3) is 10.6 Å². The van der Waals surface area contributed by atoms with Crippen molar-refractivity contribution in [2.24, 2.45) is 4.99 Å². The third-order valence-corrected chi connectivity index (χ3v) is 7.66. The number of esters is 1. The van der Waals surface area contributed by atoms with Gasteiger partial charge in [0.1, 0.15) is 22.6 Å². The number of hydrogen-bond acceptors (Lipinski definition) is 8. The Morgan fingerprint density at radius 3 is 3.00 bits per heavy atom. The van der Waals surface area contributed by atoms with Crippen LogP contribution in [0.15, 0.2) is 53.2 Å². The lowest BCUT2D eigenvalue weighted by Crippen LogP contribution is -2.32. The number of carbonyl (C=O) groups excluding carboxylic acids is 1. The van der Waals surface area contributed by atoms with Crippen LogP contribution in [0, 0.1) is 19.3 Å². The van der Waals surface area contributed by atoms with Gasteiger partial charge in [-0.15, -0.1) is 17.8 Å². The van der Waals surface area contributed by atoms with Gasteiger partial charge in [0.2, 0.25) is 0 Å². The molecule has 182 valence electrons. The number of rotatable bonds is 5. The fourth-order valence-electron chi connectivity index (χ4n) is 4.72. The number of allylic oxidation sites excluding steroid dienone is 1. The van der Waals surface area contributed by atoms with E-state index in [4.69, 9.17) is 16.1 Å². The molecule has 2 aromatic heterocycles. The van der Waals surface area contributed by atoms with Crippen molar-refractivity contribution >= 4 is 29.3 Å². The van der Waals surface area contributed by atoms with Gasteiger partial charge in [-0.2, -0.15) is 0 Å². The monoisotopic (exact) mass is 498 g/mol. The van der Waals surface area contributed by atoms with Crippen molar-refractivity contribution in [3.63, 3.8) is 0 Å². The summed E-state index contributed by atoms with van der Waals surface area (Å²) in [6, 6.07) is 9.30. The summed E-state index contributed by atoms with van der Waals surface area (Å²) < 4.78 is 4.85. The van der Waals surface area contributed by atoms with Gasteiger partial charge < -0.3 is 15.2 Å². The molecule has 0 fully saturated rings. The fraction of sp³-hybridized carbons (Fsp3) is 0.286. The molecule has 1 aromatic carbocycles. The maximum atomic E-state index is 12.0. The molecule has 8 heteroatoms. The molecule has 0 saturated heterocycles. The molecular formula is C28H26N4O3S. The number of aromatic nitrogens is 2. The first kappa shape index (κ1) is 23.9. The van der Waals surface area contributed by atoms with E-state index in [1.54, 1.807) is 18.5 Å². The summed E-state index contributed by atoms with van der Waals surface area (Å²) in [6.07, 6.45) is 13.5. The van der Waals surface area contributed by atoms with Crippen molar-refractivity contribution in [3.8, 4) is 22.9 Å². The number of aliphatic imine (C=N–C) groups is 1. The first-order valence-corrected chi connectivity index (χ1v) is 12.6. The quantitative estimate of drug-likeness (QED) is 0.393.